The van der Waals surface area contributed by atoms with Crippen LogP contribution in [0.15, 0.2) is 72.6 Å². The average molecular weight is 302 g/mol. The highest BCUT2D eigenvalue weighted by Gasteiger charge is 2.44. The lowest BCUT2D eigenvalue weighted by Crippen LogP contribution is -2.33. The third-order valence-electron chi connectivity index (χ3n) is 3.24. The first-order valence-corrected chi connectivity index (χ1v) is 6.75. The van der Waals surface area contributed by atoms with Gasteiger partial charge in [0, 0.05) is 0 Å². The third kappa shape index (κ3) is 2.89. The number of alkyl halides is 1. The Bertz CT molecular complexity index is 668. The molecule has 0 saturated heterocycles. The summed E-state index contributed by atoms with van der Waals surface area (Å²) in [5.74, 6) is -0.542. The molecule has 0 radical (unpaired) electrons. The van der Waals surface area contributed by atoms with E-state index < -0.39 is 16.7 Å². The summed E-state index contributed by atoms with van der Waals surface area (Å²) in [5.41, 5.74) is -0.884. The van der Waals surface area contributed by atoms with Crippen LogP contribution in [0.25, 0.3) is 4.98 Å². The summed E-state index contributed by atoms with van der Waals surface area (Å²) < 4.78 is 0. The maximum Gasteiger partial charge on any atom is 0.390 e. The van der Waals surface area contributed by atoms with Gasteiger partial charge in [0.2, 0.25) is 11.2 Å². The van der Waals surface area contributed by atoms with Crippen molar-refractivity contribution in [3.8, 4) is 0 Å². The monoisotopic (exact) mass is 301 g/mol. The lowest BCUT2D eigenvalue weighted by molar-refractivity contribution is 0.0271. The molecular formula is C16H14ClN2O2+. The molecule has 0 heterocycles. The van der Waals surface area contributed by atoms with Gasteiger partial charge in [-0.25, -0.2) is 0 Å². The first kappa shape index (κ1) is 15.0. The van der Waals surface area contributed by atoms with Crippen LogP contribution < -0.4 is 0 Å². The summed E-state index contributed by atoms with van der Waals surface area (Å²) in [7, 11) is 0. The van der Waals surface area contributed by atoms with Crippen molar-refractivity contribution >= 4 is 11.6 Å². The summed E-state index contributed by atoms with van der Waals surface area (Å²) in [6, 6.07) is 17.4. The van der Waals surface area contributed by atoms with Crippen LogP contribution in [-0.4, -0.2) is 10.2 Å². The van der Waals surface area contributed by atoms with E-state index in [1.807, 2.05) is 6.07 Å². The number of halogens is 1. The van der Waals surface area contributed by atoms with E-state index >= 15 is 0 Å². The number of diazo groups is 1. The van der Waals surface area contributed by atoms with Crippen molar-refractivity contribution in [1.82, 2.24) is 0 Å². The Morgan fingerprint density at radius 2 is 1.62 bits per heavy atom. The zero-order chi connectivity index (χ0) is 15.3. The number of hydrogen-bond acceptors (Lipinski definition) is 3. The van der Waals surface area contributed by atoms with Gasteiger partial charge >= 0.3 is 6.20 Å². The van der Waals surface area contributed by atoms with Crippen LogP contribution in [-0.2, 0) is 5.60 Å². The second-order valence-electron chi connectivity index (χ2n) is 4.54. The molecule has 0 aliphatic heterocycles. The van der Waals surface area contributed by atoms with Crippen molar-refractivity contribution in [1.29, 1.82) is 5.39 Å². The molecule has 0 saturated carbocycles. The Morgan fingerprint density at radius 3 is 2.14 bits per heavy atom. The van der Waals surface area contributed by atoms with Crippen LogP contribution >= 0.6 is 11.6 Å². The minimum atomic E-state index is -1.91. The number of benzene rings is 2. The Kier molecular flexibility index (Phi) is 4.59. The molecule has 2 N–H and O–H groups in total. The zero-order valence-corrected chi connectivity index (χ0v) is 11.9. The predicted molar refractivity (Wildman–Crippen MR) is 81.2 cm³/mol. The highest BCUT2D eigenvalue weighted by Crippen LogP contribution is 2.44. The molecule has 0 amide bonds. The molecule has 2 aromatic rings. The SMILES string of the molecule is N#[N+]C=C(O)[C@](O)(c1ccccc1)[C@H](Cl)c1ccccc1. The first-order valence-electron chi connectivity index (χ1n) is 6.31. The van der Waals surface area contributed by atoms with Crippen LogP contribution in [0.2, 0.25) is 0 Å². The first-order chi connectivity index (χ1) is 10.1. The van der Waals surface area contributed by atoms with Crippen molar-refractivity contribution in [2.24, 2.45) is 0 Å². The molecule has 2 aromatic carbocycles. The van der Waals surface area contributed by atoms with Gasteiger partial charge in [-0.05, 0) is 11.1 Å². The van der Waals surface area contributed by atoms with E-state index in [1.165, 1.54) is 0 Å². The second-order valence-corrected chi connectivity index (χ2v) is 4.97. The quantitative estimate of drug-likeness (QED) is 0.507. The lowest BCUT2D eigenvalue weighted by atomic mass is 9.85. The van der Waals surface area contributed by atoms with Crippen molar-refractivity contribution in [2.45, 2.75) is 11.0 Å². The molecule has 106 valence electrons. The molecule has 2 atom stereocenters. The van der Waals surface area contributed by atoms with E-state index in [1.54, 1.807) is 54.6 Å². The highest BCUT2D eigenvalue weighted by molar-refractivity contribution is 6.21. The minimum Gasteiger partial charge on any atom is -0.503 e. The molecule has 0 unspecified atom stereocenters. The van der Waals surface area contributed by atoms with Gasteiger partial charge in [-0.3, -0.25) is 0 Å². The molecule has 0 fully saturated rings. The molecule has 2 rings (SSSR count). The van der Waals surface area contributed by atoms with Crippen molar-refractivity contribution < 1.29 is 10.2 Å². The number of hydrogen-bond donors (Lipinski definition) is 2. The van der Waals surface area contributed by atoms with Crippen LogP contribution in [0.3, 0.4) is 0 Å². The van der Waals surface area contributed by atoms with Gasteiger partial charge < -0.3 is 10.2 Å². The molecule has 4 nitrogen and oxygen atoms in total. The molecule has 0 aromatic heterocycles. The number of aliphatic hydroxyl groups excluding tert-OH is 1. The summed E-state index contributed by atoms with van der Waals surface area (Å²) in [4.78, 5) is 2.77. The van der Waals surface area contributed by atoms with Crippen molar-refractivity contribution in [3.63, 3.8) is 0 Å². The summed E-state index contributed by atoms with van der Waals surface area (Å²) >= 11 is 6.40. The Balaban J connectivity index is 2.57. The fourth-order valence-corrected chi connectivity index (χ4v) is 2.52. The summed E-state index contributed by atoms with van der Waals surface area (Å²) in [6.45, 7) is 0. The van der Waals surface area contributed by atoms with Gasteiger partial charge in [-0.15, -0.1) is 11.6 Å². The van der Waals surface area contributed by atoms with Crippen LogP contribution in [0, 0.1) is 5.39 Å². The number of nitrogens with zero attached hydrogens (tertiary/aromatic N) is 2. The van der Waals surface area contributed by atoms with Gasteiger partial charge in [0.15, 0.2) is 10.6 Å². The molecule has 5 heteroatoms. The normalized spacial score (nSPS) is 15.8. The fourth-order valence-electron chi connectivity index (χ4n) is 2.13. The molecule has 0 bridgehead atoms. The Hall–Kier alpha value is -2.35. The van der Waals surface area contributed by atoms with E-state index in [0.29, 0.717) is 11.1 Å². The molecule has 21 heavy (non-hydrogen) atoms. The molecule has 0 spiro atoms. The molecule has 0 aliphatic rings. The topological polar surface area (TPSA) is 68.6 Å². The maximum absolute atomic E-state index is 11.0. The van der Waals surface area contributed by atoms with Crippen LogP contribution in [0.5, 0.6) is 0 Å². The number of aliphatic hydroxyl groups is 2. The highest BCUT2D eigenvalue weighted by atomic mass is 35.5. The van der Waals surface area contributed by atoms with E-state index in [0.717, 1.165) is 6.20 Å². The van der Waals surface area contributed by atoms with E-state index in [9.17, 15) is 10.2 Å². The second kappa shape index (κ2) is 6.40. The van der Waals surface area contributed by atoms with Crippen molar-refractivity contribution in [3.05, 3.63) is 88.7 Å². The van der Waals surface area contributed by atoms with Gasteiger partial charge in [-0.2, -0.15) is 0 Å². The predicted octanol–water partition coefficient (Wildman–Crippen LogP) is 4.11. The number of rotatable bonds is 4. The molecule has 0 aliphatic carbocycles. The minimum absolute atomic E-state index is 0.395. The van der Waals surface area contributed by atoms with Gasteiger partial charge in [0.05, 0.1) is 5.38 Å². The van der Waals surface area contributed by atoms with E-state index in [4.69, 9.17) is 17.0 Å². The maximum atomic E-state index is 11.0. The average Bonchev–Trinajstić information content (AvgIpc) is 2.55. The van der Waals surface area contributed by atoms with E-state index in [2.05, 4.69) is 4.98 Å². The lowest BCUT2D eigenvalue weighted by Gasteiger charge is -2.31. The fraction of sp³-hybridized carbons (Fsp3) is 0.125. The third-order valence-corrected chi connectivity index (χ3v) is 3.81. The summed E-state index contributed by atoms with van der Waals surface area (Å²) in [6.07, 6.45) is 0.769. The van der Waals surface area contributed by atoms with E-state index in [-0.39, 0.29) is 0 Å². The summed E-state index contributed by atoms with van der Waals surface area (Å²) in [5, 5.41) is 28.8. The zero-order valence-electron chi connectivity index (χ0n) is 11.1. The van der Waals surface area contributed by atoms with Crippen LogP contribution in [0.1, 0.15) is 16.5 Å². The van der Waals surface area contributed by atoms with Gasteiger partial charge in [0.1, 0.15) is 0 Å². The standard InChI is InChI=1S/C16H13ClN2O2/c17-15(12-7-3-1-4-8-12)16(21,14(20)11-19-18)13-9-5-2-6-10-13/h1-11,15,21H/p+1/t15-,16-/m1/s1. The Labute approximate surface area is 127 Å². The van der Waals surface area contributed by atoms with Gasteiger partial charge in [-0.1, -0.05) is 60.7 Å². The molecular weight excluding hydrogens is 288 g/mol. The van der Waals surface area contributed by atoms with Gasteiger partial charge in [0.25, 0.3) is 0 Å². The largest absolute Gasteiger partial charge is 0.503 e. The van der Waals surface area contributed by atoms with Crippen LogP contribution in [0.4, 0.5) is 0 Å². The smallest absolute Gasteiger partial charge is 0.390 e. The van der Waals surface area contributed by atoms with Crippen molar-refractivity contribution in [2.75, 3.05) is 0 Å². The Morgan fingerprint density at radius 1 is 1.10 bits per heavy atom.